The Bertz CT molecular complexity index is 2290. The zero-order valence-corrected chi connectivity index (χ0v) is 34.3. The quantitative estimate of drug-likeness (QED) is 0.114. The van der Waals surface area contributed by atoms with Crippen LogP contribution in [0.15, 0.2) is 93.9 Å². The van der Waals surface area contributed by atoms with Gasteiger partial charge in [0.05, 0.1) is 21.1 Å². The predicted molar refractivity (Wildman–Crippen MR) is 199 cm³/mol. The first-order chi connectivity index (χ1) is 24.6. The van der Waals surface area contributed by atoms with Crippen molar-refractivity contribution in [3.05, 3.63) is 107 Å². The summed E-state index contributed by atoms with van der Waals surface area (Å²) in [4.78, 5) is 12.9. The maximum Gasteiger partial charge on any atom is 1.00 e. The van der Waals surface area contributed by atoms with Crippen LogP contribution in [0, 0.1) is 6.92 Å². The van der Waals surface area contributed by atoms with Gasteiger partial charge in [-0.3, -0.25) is 4.79 Å². The number of nitrogens with zero attached hydrogens (tertiary/aromatic N) is 2. The fourth-order valence-corrected chi connectivity index (χ4v) is 8.13. The van der Waals surface area contributed by atoms with Crippen molar-refractivity contribution in [2.45, 2.75) is 63.7 Å². The van der Waals surface area contributed by atoms with E-state index >= 15 is 0 Å². The Balaban J connectivity index is 0.00000627. The minimum atomic E-state index is -4.83. The third kappa shape index (κ3) is 9.58. The second-order valence-corrected chi connectivity index (χ2v) is 16.0. The van der Waals surface area contributed by atoms with Crippen LogP contribution in [-0.2, 0) is 30.4 Å². The monoisotopic (exact) mass is 770 g/mol. The number of carboxylic acid groups (broad SMARTS) is 1. The maximum absolute atomic E-state index is 12.1. The molecule has 2 aromatic carbocycles. The zero-order valence-electron chi connectivity index (χ0n) is 30.7. The van der Waals surface area contributed by atoms with E-state index in [9.17, 15) is 35.8 Å². The Kier molecular flexibility index (Phi) is 13.7. The van der Waals surface area contributed by atoms with Gasteiger partial charge in [0.15, 0.2) is 0 Å². The number of rotatable bonds is 14. The van der Waals surface area contributed by atoms with E-state index in [0.29, 0.717) is 28.5 Å². The van der Waals surface area contributed by atoms with Crippen LogP contribution < -0.4 is 44.4 Å². The van der Waals surface area contributed by atoms with E-state index < -0.39 is 42.3 Å². The molecule has 2 aromatic rings. The molecular formula is C39H43N2NaO9S2. The Labute approximate surface area is 333 Å². The third-order valence-electron chi connectivity index (χ3n) is 9.73. The van der Waals surface area contributed by atoms with E-state index in [2.05, 4.69) is 30.6 Å². The molecule has 0 amide bonds. The van der Waals surface area contributed by atoms with Gasteiger partial charge in [0.25, 0.3) is 0 Å². The van der Waals surface area contributed by atoms with E-state index in [4.69, 9.17) is 4.42 Å². The number of aliphatic carboxylic acids is 1. The van der Waals surface area contributed by atoms with Crippen LogP contribution in [0.5, 0.6) is 0 Å². The van der Waals surface area contributed by atoms with Crippen LogP contribution >= 0.6 is 0 Å². The molecule has 1 atom stereocenters. The molecule has 0 radical (unpaired) electrons. The van der Waals surface area contributed by atoms with Gasteiger partial charge in [-0.05, 0) is 100 Å². The summed E-state index contributed by atoms with van der Waals surface area (Å²) in [6, 6.07) is 20.2. The fraction of sp³-hybridized carbons (Fsp3) is 0.333. The van der Waals surface area contributed by atoms with Crippen LogP contribution in [0.3, 0.4) is 0 Å². The van der Waals surface area contributed by atoms with Crippen LogP contribution in [0.1, 0.15) is 63.3 Å². The molecule has 0 spiro atoms. The first-order valence-corrected chi connectivity index (χ1v) is 20.2. The van der Waals surface area contributed by atoms with E-state index in [-0.39, 0.29) is 61.8 Å². The van der Waals surface area contributed by atoms with Crippen molar-refractivity contribution in [3.63, 3.8) is 0 Å². The summed E-state index contributed by atoms with van der Waals surface area (Å²) in [5.74, 6) is -0.323. The fourth-order valence-electron chi connectivity index (χ4n) is 7.15. The van der Waals surface area contributed by atoms with Gasteiger partial charge in [-0.15, -0.1) is 0 Å². The van der Waals surface area contributed by atoms with Crippen molar-refractivity contribution >= 4 is 38.0 Å². The van der Waals surface area contributed by atoms with Crippen LogP contribution in [0.2, 0.25) is 0 Å². The number of anilines is 1. The molecule has 0 aromatic heterocycles. The number of allylic oxidation sites excluding steroid dienone is 3. The van der Waals surface area contributed by atoms with E-state index in [1.165, 1.54) is 18.2 Å². The van der Waals surface area contributed by atoms with Crippen molar-refractivity contribution in [1.82, 2.24) is 4.58 Å². The van der Waals surface area contributed by atoms with Crippen LogP contribution in [-0.4, -0.2) is 62.4 Å². The van der Waals surface area contributed by atoms with Crippen LogP contribution in [0.25, 0.3) is 28.5 Å². The standard InChI is InChI=1S/C39H44N2O9S2.Na/c1-5-40(6-2)29-18-20-31-35(25-29)50-34(27(3)38(31)28-13-8-7-9-14-28)15-10-16-36-39(4,22-11-17-37(42)43)32-26-30(52(47,48)49)19-21-33(32)41(36)23-12-24-51(44,45)46;/h7-10,13-16,18-21,25-26H,5-6,11-12,17,22-24H2,1-4H3,(H2-,42,43,44,45,46,47,48,49);/q;+1/p-1. The van der Waals surface area contributed by atoms with Gasteiger partial charge in [-0.25, -0.2) is 21.4 Å². The van der Waals surface area contributed by atoms with Gasteiger partial charge in [0.1, 0.15) is 34.7 Å². The SMILES string of the molecule is CC[N+](CC)=c1ccc2c(-c3ccccc3)c(C)c(/C=C/C=C3/N(CCCS(=O)(=O)[O-])c4ccc(S(=O)(=O)[O-])cc4C3(C)CCCC(=O)O)oc-2c1.[Na+]. The number of hydrogen-bond acceptors (Lipinski definition) is 9. The molecule has 3 aliphatic rings. The molecule has 0 saturated heterocycles. The number of carbonyl (C=O) groups is 1. The topological polar surface area (TPSA) is 171 Å². The van der Waals surface area contributed by atoms with Crippen molar-refractivity contribution in [1.29, 1.82) is 0 Å². The maximum atomic E-state index is 12.1. The predicted octanol–water partition coefficient (Wildman–Crippen LogP) is 2.95. The summed E-state index contributed by atoms with van der Waals surface area (Å²) in [6.07, 6.45) is 5.77. The summed E-state index contributed by atoms with van der Waals surface area (Å²) in [6.45, 7) is 9.76. The molecular weight excluding hydrogens is 728 g/mol. The average Bonchev–Trinajstić information content (AvgIpc) is 3.31. The number of fused-ring (bicyclic) bond motifs is 2. The Hall–Kier alpha value is -3.56. The average molecular weight is 771 g/mol. The molecule has 1 aliphatic carbocycles. The van der Waals surface area contributed by atoms with Crippen molar-refractivity contribution in [3.8, 4) is 22.5 Å². The molecule has 1 N–H and O–H groups in total. The minimum absolute atomic E-state index is 0. The summed E-state index contributed by atoms with van der Waals surface area (Å²) in [7, 11) is -9.34. The summed E-state index contributed by atoms with van der Waals surface area (Å²) < 4.78 is 79.6. The number of hydrogen-bond donors (Lipinski definition) is 1. The molecule has 1 unspecified atom stereocenters. The van der Waals surface area contributed by atoms with Gasteiger partial charge in [0.2, 0.25) is 5.36 Å². The molecule has 11 nitrogen and oxygen atoms in total. The van der Waals surface area contributed by atoms with Crippen molar-refractivity contribution in [2.75, 3.05) is 30.3 Å². The molecule has 276 valence electrons. The van der Waals surface area contributed by atoms with Gasteiger partial charge < -0.3 is 23.5 Å². The smallest absolute Gasteiger partial charge is 0.748 e. The molecule has 0 fully saturated rings. The Morgan fingerprint density at radius 1 is 0.981 bits per heavy atom. The van der Waals surface area contributed by atoms with Gasteiger partial charge in [-0.1, -0.05) is 36.4 Å². The van der Waals surface area contributed by atoms with Gasteiger partial charge in [-0.2, -0.15) is 0 Å². The molecule has 2 heterocycles. The van der Waals surface area contributed by atoms with E-state index in [1.807, 2.05) is 67.3 Å². The molecule has 5 rings (SSSR count). The largest absolute Gasteiger partial charge is 1.00 e. The van der Waals surface area contributed by atoms with Gasteiger partial charge >= 0.3 is 35.5 Å². The molecule has 0 saturated carbocycles. The Morgan fingerprint density at radius 3 is 2.30 bits per heavy atom. The van der Waals surface area contributed by atoms with E-state index in [0.717, 1.165) is 40.7 Å². The van der Waals surface area contributed by atoms with Crippen molar-refractivity contribution in [2.24, 2.45) is 0 Å². The first kappa shape index (κ1) is 42.2. The molecule has 0 bridgehead atoms. The van der Waals surface area contributed by atoms with Crippen LogP contribution in [0.4, 0.5) is 5.69 Å². The molecule has 2 aliphatic heterocycles. The van der Waals surface area contributed by atoms with Gasteiger partial charge in [0, 0.05) is 52.7 Å². The summed E-state index contributed by atoms with van der Waals surface area (Å²) in [5.41, 5.74) is 4.55. The third-order valence-corrected chi connectivity index (χ3v) is 11.4. The number of carboxylic acids is 1. The normalized spacial score (nSPS) is 16.6. The summed E-state index contributed by atoms with van der Waals surface area (Å²) in [5, 5.41) is 10.4. The second-order valence-electron chi connectivity index (χ2n) is 13.1. The first-order valence-electron chi connectivity index (χ1n) is 17.2. The van der Waals surface area contributed by atoms with Crippen molar-refractivity contribution < 1.29 is 69.8 Å². The summed E-state index contributed by atoms with van der Waals surface area (Å²) >= 11 is 0. The molecule has 14 heteroatoms. The zero-order chi connectivity index (χ0) is 37.8. The second kappa shape index (κ2) is 17.3. The van der Waals surface area contributed by atoms with E-state index in [1.54, 1.807) is 6.08 Å². The Morgan fingerprint density at radius 2 is 1.68 bits per heavy atom. The molecule has 53 heavy (non-hydrogen) atoms. The minimum Gasteiger partial charge on any atom is -0.748 e. The number of benzene rings is 3.